The first-order chi connectivity index (χ1) is 30.5. The molecule has 0 aliphatic heterocycles. The first-order valence-electron chi connectivity index (χ1n) is 26.3. The Labute approximate surface area is 383 Å². The highest BCUT2D eigenvalue weighted by Crippen LogP contribution is 2.16. The standard InChI is InChI=1S/C56H98O6/c1-4-7-10-13-16-19-22-25-27-28-30-31-34-37-40-43-46-49-55(58)61-52-53(51-60-54(57)48-45-42-39-36-33-24-21-18-15-12-9-6-3)62-56(59)50-47-44-41-38-35-32-29-26-23-20-17-14-11-8-5-2/h7,10,16,19,25,27,30-31,37,40,53H,4-6,8-9,11-15,17-18,20-24,26,28-29,32-36,38-39,41-52H2,1-3H3/b10-7-,19-16-,27-25-,31-30-,40-37-. The number of carbonyl (C=O) groups excluding carboxylic acids is 3. The highest BCUT2D eigenvalue weighted by Gasteiger charge is 2.19. The zero-order valence-corrected chi connectivity index (χ0v) is 40.9. The van der Waals surface area contributed by atoms with Crippen molar-refractivity contribution < 1.29 is 28.6 Å². The van der Waals surface area contributed by atoms with Crippen LogP contribution < -0.4 is 0 Å². The van der Waals surface area contributed by atoms with E-state index in [1.54, 1.807) is 0 Å². The van der Waals surface area contributed by atoms with Gasteiger partial charge in [0.2, 0.25) is 0 Å². The molecule has 0 aromatic heterocycles. The Kier molecular flexibility index (Phi) is 48.4. The SMILES string of the molecule is CC/C=C\C/C=C\C/C=C\C/C=C\C/C=C\CCCC(=O)OCC(COC(=O)CCCCCCCCCCCCCC)OC(=O)CCCCCCCCCCCCCCCCC. The molecule has 1 unspecified atom stereocenters. The Hall–Kier alpha value is -2.89. The number of hydrogen-bond donors (Lipinski definition) is 0. The minimum atomic E-state index is -0.792. The summed E-state index contributed by atoms with van der Waals surface area (Å²) in [5, 5.41) is 0. The van der Waals surface area contributed by atoms with E-state index in [2.05, 4.69) is 81.5 Å². The number of esters is 3. The van der Waals surface area contributed by atoms with E-state index >= 15 is 0 Å². The monoisotopic (exact) mass is 867 g/mol. The summed E-state index contributed by atoms with van der Waals surface area (Å²) in [4.78, 5) is 38.0. The molecule has 6 nitrogen and oxygen atoms in total. The molecule has 62 heavy (non-hydrogen) atoms. The first-order valence-corrected chi connectivity index (χ1v) is 26.3. The molecule has 0 heterocycles. The third kappa shape index (κ3) is 48.1. The Morgan fingerprint density at radius 3 is 0.984 bits per heavy atom. The summed E-state index contributed by atoms with van der Waals surface area (Å²) in [5.41, 5.74) is 0. The summed E-state index contributed by atoms with van der Waals surface area (Å²) < 4.78 is 16.8. The number of rotatable bonds is 47. The summed E-state index contributed by atoms with van der Waals surface area (Å²) in [6.07, 6.45) is 62.1. The number of hydrogen-bond acceptors (Lipinski definition) is 6. The molecule has 0 N–H and O–H groups in total. The molecule has 0 fully saturated rings. The smallest absolute Gasteiger partial charge is 0.306 e. The molecular weight excluding hydrogens is 769 g/mol. The van der Waals surface area contributed by atoms with Gasteiger partial charge in [0.25, 0.3) is 0 Å². The summed E-state index contributed by atoms with van der Waals surface area (Å²) in [6.45, 7) is 6.49. The Morgan fingerprint density at radius 1 is 0.339 bits per heavy atom. The van der Waals surface area contributed by atoms with E-state index in [0.29, 0.717) is 19.3 Å². The minimum absolute atomic E-state index is 0.0883. The van der Waals surface area contributed by atoms with Gasteiger partial charge in [-0.25, -0.2) is 0 Å². The van der Waals surface area contributed by atoms with Gasteiger partial charge in [-0.05, 0) is 57.8 Å². The fraction of sp³-hybridized carbons (Fsp3) is 0.768. The van der Waals surface area contributed by atoms with Gasteiger partial charge < -0.3 is 14.2 Å². The fourth-order valence-corrected chi connectivity index (χ4v) is 7.36. The van der Waals surface area contributed by atoms with E-state index in [1.807, 2.05) is 0 Å². The van der Waals surface area contributed by atoms with Crippen molar-refractivity contribution in [2.24, 2.45) is 0 Å². The summed E-state index contributed by atoms with van der Waals surface area (Å²) >= 11 is 0. The topological polar surface area (TPSA) is 78.9 Å². The molecule has 0 aliphatic carbocycles. The maximum atomic E-state index is 12.8. The summed E-state index contributed by atoms with van der Waals surface area (Å²) in [6, 6.07) is 0. The quantitative estimate of drug-likeness (QED) is 0.0262. The number of unbranched alkanes of at least 4 members (excludes halogenated alkanes) is 26. The molecule has 0 saturated carbocycles. The van der Waals surface area contributed by atoms with Crippen LogP contribution in [0.25, 0.3) is 0 Å². The normalized spacial score (nSPS) is 12.5. The molecule has 6 heteroatoms. The van der Waals surface area contributed by atoms with Crippen LogP contribution in [0.15, 0.2) is 60.8 Å². The maximum Gasteiger partial charge on any atom is 0.306 e. The van der Waals surface area contributed by atoms with Crippen molar-refractivity contribution in [2.45, 2.75) is 264 Å². The van der Waals surface area contributed by atoms with Crippen LogP contribution in [0.3, 0.4) is 0 Å². The lowest BCUT2D eigenvalue weighted by Crippen LogP contribution is -2.30. The second-order valence-corrected chi connectivity index (χ2v) is 17.4. The van der Waals surface area contributed by atoms with E-state index in [4.69, 9.17) is 14.2 Å². The lowest BCUT2D eigenvalue weighted by atomic mass is 10.0. The molecule has 0 bridgehead atoms. The largest absolute Gasteiger partial charge is 0.462 e. The highest BCUT2D eigenvalue weighted by atomic mass is 16.6. The van der Waals surface area contributed by atoms with E-state index in [9.17, 15) is 14.4 Å². The predicted octanol–water partition coefficient (Wildman–Crippen LogP) is 17.3. The van der Waals surface area contributed by atoms with Gasteiger partial charge in [-0.2, -0.15) is 0 Å². The Morgan fingerprint density at radius 2 is 0.629 bits per heavy atom. The predicted molar refractivity (Wildman–Crippen MR) is 265 cm³/mol. The van der Waals surface area contributed by atoms with Crippen molar-refractivity contribution in [3.63, 3.8) is 0 Å². The highest BCUT2D eigenvalue weighted by molar-refractivity contribution is 5.71. The lowest BCUT2D eigenvalue weighted by molar-refractivity contribution is -0.167. The van der Waals surface area contributed by atoms with Crippen LogP contribution in [0, 0.1) is 0 Å². The average Bonchev–Trinajstić information content (AvgIpc) is 3.27. The molecule has 0 radical (unpaired) electrons. The van der Waals surface area contributed by atoms with Gasteiger partial charge in [0, 0.05) is 19.3 Å². The zero-order valence-electron chi connectivity index (χ0n) is 40.9. The fourth-order valence-electron chi connectivity index (χ4n) is 7.36. The van der Waals surface area contributed by atoms with Crippen molar-refractivity contribution in [2.75, 3.05) is 13.2 Å². The van der Waals surface area contributed by atoms with Gasteiger partial charge >= 0.3 is 17.9 Å². The number of carbonyl (C=O) groups is 3. The molecule has 0 aromatic rings. The molecule has 0 rings (SSSR count). The van der Waals surface area contributed by atoms with Crippen LogP contribution in [0.1, 0.15) is 258 Å². The minimum Gasteiger partial charge on any atom is -0.462 e. The number of allylic oxidation sites excluding steroid dienone is 10. The van der Waals surface area contributed by atoms with Crippen molar-refractivity contribution >= 4 is 17.9 Å². The molecular formula is C56H98O6. The van der Waals surface area contributed by atoms with Gasteiger partial charge in [-0.1, -0.05) is 242 Å². The summed E-state index contributed by atoms with van der Waals surface area (Å²) in [7, 11) is 0. The molecule has 358 valence electrons. The van der Waals surface area contributed by atoms with Gasteiger partial charge in [0.1, 0.15) is 13.2 Å². The molecule has 0 spiro atoms. The Balaban J connectivity index is 4.44. The first kappa shape index (κ1) is 59.1. The van der Waals surface area contributed by atoms with E-state index < -0.39 is 6.10 Å². The molecule has 0 amide bonds. The van der Waals surface area contributed by atoms with Gasteiger partial charge in [-0.3, -0.25) is 14.4 Å². The number of ether oxygens (including phenoxy) is 3. The van der Waals surface area contributed by atoms with Gasteiger partial charge in [-0.15, -0.1) is 0 Å². The van der Waals surface area contributed by atoms with Crippen molar-refractivity contribution in [1.29, 1.82) is 0 Å². The molecule has 1 atom stereocenters. The van der Waals surface area contributed by atoms with Crippen molar-refractivity contribution in [3.8, 4) is 0 Å². The van der Waals surface area contributed by atoms with Gasteiger partial charge in [0.05, 0.1) is 0 Å². The van der Waals surface area contributed by atoms with Crippen molar-refractivity contribution in [3.05, 3.63) is 60.8 Å². The maximum absolute atomic E-state index is 12.8. The van der Waals surface area contributed by atoms with Crippen LogP contribution in [0.4, 0.5) is 0 Å². The summed E-state index contributed by atoms with van der Waals surface area (Å²) in [5.74, 6) is -0.941. The zero-order chi connectivity index (χ0) is 45.1. The third-order valence-electron chi connectivity index (χ3n) is 11.3. The van der Waals surface area contributed by atoms with Crippen LogP contribution in [0.5, 0.6) is 0 Å². The van der Waals surface area contributed by atoms with Crippen LogP contribution in [-0.2, 0) is 28.6 Å². The van der Waals surface area contributed by atoms with Crippen molar-refractivity contribution in [1.82, 2.24) is 0 Å². The average molecular weight is 867 g/mol. The Bertz CT molecular complexity index is 1130. The molecule has 0 saturated heterocycles. The molecule has 0 aromatic carbocycles. The second-order valence-electron chi connectivity index (χ2n) is 17.4. The van der Waals surface area contributed by atoms with E-state index in [1.165, 1.54) is 135 Å². The van der Waals surface area contributed by atoms with E-state index in [-0.39, 0.29) is 37.5 Å². The van der Waals surface area contributed by atoms with Gasteiger partial charge in [0.15, 0.2) is 6.10 Å². The van der Waals surface area contributed by atoms with E-state index in [0.717, 1.165) is 77.0 Å². The third-order valence-corrected chi connectivity index (χ3v) is 11.3. The second kappa shape index (κ2) is 50.8. The van der Waals surface area contributed by atoms with Crippen LogP contribution >= 0.6 is 0 Å². The lowest BCUT2D eigenvalue weighted by Gasteiger charge is -2.18. The van der Waals surface area contributed by atoms with Crippen LogP contribution in [-0.4, -0.2) is 37.2 Å². The molecule has 0 aliphatic rings. The van der Waals surface area contributed by atoms with Crippen LogP contribution in [0.2, 0.25) is 0 Å².